The molecule has 3 aromatic rings. The number of hydrogen-bond acceptors (Lipinski definition) is 2. The predicted octanol–water partition coefficient (Wildman–Crippen LogP) is 3.85. The molecule has 108 valence electrons. The van der Waals surface area contributed by atoms with Crippen LogP contribution >= 0.6 is 0 Å². The SMILES string of the molecule is CC(NCCCc1ccccc1)c1nc2ccccc2[nH]1. The summed E-state index contributed by atoms with van der Waals surface area (Å²) in [5, 5.41) is 3.54. The van der Waals surface area contributed by atoms with Crippen LogP contribution in [-0.4, -0.2) is 16.5 Å². The van der Waals surface area contributed by atoms with E-state index in [2.05, 4.69) is 58.6 Å². The van der Waals surface area contributed by atoms with Crippen LogP contribution in [0.2, 0.25) is 0 Å². The molecule has 1 atom stereocenters. The molecule has 1 heterocycles. The number of H-pyrrole nitrogens is 1. The number of benzene rings is 2. The number of hydrogen-bond donors (Lipinski definition) is 2. The fourth-order valence-electron chi connectivity index (χ4n) is 2.53. The summed E-state index contributed by atoms with van der Waals surface area (Å²) in [6.07, 6.45) is 2.25. The number of aromatic amines is 1. The molecule has 0 saturated heterocycles. The van der Waals surface area contributed by atoms with Crippen molar-refractivity contribution in [3.05, 3.63) is 66.0 Å². The number of aromatic nitrogens is 2. The highest BCUT2D eigenvalue weighted by Gasteiger charge is 2.09. The topological polar surface area (TPSA) is 40.7 Å². The summed E-state index contributed by atoms with van der Waals surface area (Å²) in [5.74, 6) is 1.01. The van der Waals surface area contributed by atoms with Crippen LogP contribution < -0.4 is 5.32 Å². The number of para-hydroxylation sites is 2. The largest absolute Gasteiger partial charge is 0.341 e. The van der Waals surface area contributed by atoms with E-state index in [1.54, 1.807) is 0 Å². The van der Waals surface area contributed by atoms with Gasteiger partial charge in [-0.2, -0.15) is 0 Å². The van der Waals surface area contributed by atoms with Gasteiger partial charge in [-0.25, -0.2) is 4.98 Å². The maximum absolute atomic E-state index is 4.63. The van der Waals surface area contributed by atoms with Crippen molar-refractivity contribution in [1.29, 1.82) is 0 Å². The Morgan fingerprint density at radius 3 is 2.62 bits per heavy atom. The quantitative estimate of drug-likeness (QED) is 0.673. The Morgan fingerprint density at radius 1 is 1.05 bits per heavy atom. The van der Waals surface area contributed by atoms with E-state index >= 15 is 0 Å². The zero-order valence-electron chi connectivity index (χ0n) is 12.3. The van der Waals surface area contributed by atoms with Gasteiger partial charge in [-0.3, -0.25) is 0 Å². The van der Waals surface area contributed by atoms with Gasteiger partial charge in [0.05, 0.1) is 17.1 Å². The molecule has 0 spiro atoms. The van der Waals surface area contributed by atoms with Crippen LogP contribution in [0.1, 0.15) is 30.8 Å². The van der Waals surface area contributed by atoms with Crippen molar-refractivity contribution in [1.82, 2.24) is 15.3 Å². The number of imidazole rings is 1. The highest BCUT2D eigenvalue weighted by molar-refractivity contribution is 5.74. The first-order valence-corrected chi connectivity index (χ1v) is 7.55. The molecule has 3 rings (SSSR count). The highest BCUT2D eigenvalue weighted by Crippen LogP contribution is 2.15. The molecule has 0 bridgehead atoms. The molecule has 3 nitrogen and oxygen atoms in total. The van der Waals surface area contributed by atoms with Crippen LogP contribution in [0, 0.1) is 0 Å². The normalized spacial score (nSPS) is 12.6. The second kappa shape index (κ2) is 6.55. The molecule has 2 N–H and O–H groups in total. The van der Waals surface area contributed by atoms with Crippen molar-refractivity contribution in [2.75, 3.05) is 6.54 Å². The van der Waals surface area contributed by atoms with Gasteiger partial charge in [0, 0.05) is 0 Å². The lowest BCUT2D eigenvalue weighted by Crippen LogP contribution is -2.21. The van der Waals surface area contributed by atoms with Gasteiger partial charge in [0.15, 0.2) is 0 Å². The Bertz CT molecular complexity index is 655. The smallest absolute Gasteiger partial charge is 0.124 e. The van der Waals surface area contributed by atoms with E-state index in [-0.39, 0.29) is 6.04 Å². The molecule has 0 fully saturated rings. The van der Waals surface area contributed by atoms with Crippen LogP contribution in [-0.2, 0) is 6.42 Å². The lowest BCUT2D eigenvalue weighted by atomic mass is 10.1. The highest BCUT2D eigenvalue weighted by atomic mass is 15.0. The van der Waals surface area contributed by atoms with Crippen LogP contribution in [0.15, 0.2) is 54.6 Å². The summed E-state index contributed by atoms with van der Waals surface area (Å²) in [4.78, 5) is 8.01. The summed E-state index contributed by atoms with van der Waals surface area (Å²) in [6, 6.07) is 19.0. The molecule has 0 amide bonds. The van der Waals surface area contributed by atoms with Crippen molar-refractivity contribution in [2.24, 2.45) is 0 Å². The zero-order valence-corrected chi connectivity index (χ0v) is 12.3. The average molecular weight is 279 g/mol. The second-order valence-corrected chi connectivity index (χ2v) is 5.40. The van der Waals surface area contributed by atoms with Crippen molar-refractivity contribution < 1.29 is 0 Å². The van der Waals surface area contributed by atoms with Gasteiger partial charge in [-0.1, -0.05) is 42.5 Å². The van der Waals surface area contributed by atoms with Crippen LogP contribution in [0.25, 0.3) is 11.0 Å². The number of fused-ring (bicyclic) bond motifs is 1. The molecular weight excluding hydrogens is 258 g/mol. The molecule has 2 aromatic carbocycles. The Balaban J connectivity index is 1.51. The molecule has 0 radical (unpaired) electrons. The van der Waals surface area contributed by atoms with Crippen molar-refractivity contribution in [2.45, 2.75) is 25.8 Å². The minimum Gasteiger partial charge on any atom is -0.341 e. The number of aryl methyl sites for hydroxylation is 1. The molecule has 0 saturated carbocycles. The standard InChI is InChI=1S/C18H21N3/c1-14(18-20-16-11-5-6-12-17(16)21-18)19-13-7-10-15-8-3-2-4-9-15/h2-6,8-9,11-12,14,19H,7,10,13H2,1H3,(H,20,21). The summed E-state index contributed by atoms with van der Waals surface area (Å²) in [5.41, 5.74) is 3.53. The Kier molecular flexibility index (Phi) is 4.31. The fourth-order valence-corrected chi connectivity index (χ4v) is 2.53. The minimum atomic E-state index is 0.244. The van der Waals surface area contributed by atoms with Gasteiger partial charge >= 0.3 is 0 Å². The number of rotatable bonds is 6. The minimum absolute atomic E-state index is 0.244. The van der Waals surface area contributed by atoms with Crippen LogP contribution in [0.5, 0.6) is 0 Å². The van der Waals surface area contributed by atoms with Gasteiger partial charge in [0.1, 0.15) is 5.82 Å². The molecule has 1 aromatic heterocycles. The van der Waals surface area contributed by atoms with E-state index in [4.69, 9.17) is 0 Å². The second-order valence-electron chi connectivity index (χ2n) is 5.40. The third kappa shape index (κ3) is 3.50. The zero-order chi connectivity index (χ0) is 14.5. The van der Waals surface area contributed by atoms with Crippen molar-refractivity contribution >= 4 is 11.0 Å². The summed E-state index contributed by atoms with van der Waals surface area (Å²) in [7, 11) is 0. The van der Waals surface area contributed by atoms with Gasteiger partial charge in [0.2, 0.25) is 0 Å². The Labute approximate surface area is 125 Å². The van der Waals surface area contributed by atoms with E-state index in [1.165, 1.54) is 5.56 Å². The summed E-state index contributed by atoms with van der Waals surface area (Å²) in [6.45, 7) is 3.15. The Morgan fingerprint density at radius 2 is 1.81 bits per heavy atom. The maximum atomic E-state index is 4.63. The lowest BCUT2D eigenvalue weighted by Gasteiger charge is -2.11. The first-order chi connectivity index (χ1) is 10.3. The van der Waals surface area contributed by atoms with Crippen molar-refractivity contribution in [3.8, 4) is 0 Å². The molecule has 1 unspecified atom stereocenters. The van der Waals surface area contributed by atoms with Gasteiger partial charge in [-0.05, 0) is 44.0 Å². The molecule has 0 aliphatic carbocycles. The van der Waals surface area contributed by atoms with Crippen molar-refractivity contribution in [3.63, 3.8) is 0 Å². The Hall–Kier alpha value is -2.13. The summed E-state index contributed by atoms with van der Waals surface area (Å²) < 4.78 is 0. The molecule has 3 heteroatoms. The average Bonchev–Trinajstić information content (AvgIpc) is 2.96. The first-order valence-electron chi connectivity index (χ1n) is 7.55. The predicted molar refractivity (Wildman–Crippen MR) is 87.3 cm³/mol. The lowest BCUT2D eigenvalue weighted by molar-refractivity contribution is 0.539. The number of nitrogens with zero attached hydrogens (tertiary/aromatic N) is 1. The fraction of sp³-hybridized carbons (Fsp3) is 0.278. The third-order valence-corrected chi connectivity index (χ3v) is 3.75. The van der Waals surface area contributed by atoms with E-state index in [0.29, 0.717) is 0 Å². The van der Waals surface area contributed by atoms with Crippen LogP contribution in [0.3, 0.4) is 0 Å². The maximum Gasteiger partial charge on any atom is 0.124 e. The number of nitrogens with one attached hydrogen (secondary N) is 2. The third-order valence-electron chi connectivity index (χ3n) is 3.75. The molecule has 0 aliphatic heterocycles. The van der Waals surface area contributed by atoms with E-state index in [9.17, 15) is 0 Å². The van der Waals surface area contributed by atoms with Gasteiger partial charge < -0.3 is 10.3 Å². The summed E-state index contributed by atoms with van der Waals surface area (Å²) >= 11 is 0. The molecule has 21 heavy (non-hydrogen) atoms. The van der Waals surface area contributed by atoms with E-state index < -0.39 is 0 Å². The van der Waals surface area contributed by atoms with E-state index in [1.807, 2.05) is 18.2 Å². The molecule has 0 aliphatic rings. The van der Waals surface area contributed by atoms with Crippen LogP contribution in [0.4, 0.5) is 0 Å². The van der Waals surface area contributed by atoms with Gasteiger partial charge in [-0.15, -0.1) is 0 Å². The first kappa shape index (κ1) is 13.8. The molecular formula is C18H21N3. The van der Waals surface area contributed by atoms with Gasteiger partial charge in [0.25, 0.3) is 0 Å². The monoisotopic (exact) mass is 279 g/mol. The van der Waals surface area contributed by atoms with E-state index in [0.717, 1.165) is 36.2 Å².